The van der Waals surface area contributed by atoms with Crippen LogP contribution < -0.4 is 11.5 Å². The fraction of sp³-hybridized carbons (Fsp3) is 0.500. The van der Waals surface area contributed by atoms with E-state index in [4.69, 9.17) is 20.0 Å². The average Bonchev–Trinajstić information content (AvgIpc) is 3.09. The van der Waals surface area contributed by atoms with Gasteiger partial charge in [0.15, 0.2) is 0 Å². The van der Waals surface area contributed by atoms with E-state index >= 15 is 0 Å². The first-order chi connectivity index (χ1) is 14.4. The summed E-state index contributed by atoms with van der Waals surface area (Å²) >= 11 is 0. The summed E-state index contributed by atoms with van der Waals surface area (Å²) < 4.78 is 34.9. The van der Waals surface area contributed by atoms with E-state index in [0.717, 1.165) is 9.80 Å². The number of hydrogen-bond acceptors (Lipinski definition) is 8. The summed E-state index contributed by atoms with van der Waals surface area (Å²) in [6.07, 6.45) is 2.90. The van der Waals surface area contributed by atoms with Gasteiger partial charge in [0.1, 0.15) is 24.2 Å². The van der Waals surface area contributed by atoms with Gasteiger partial charge in [0.25, 0.3) is 0 Å². The Hall–Kier alpha value is -3.17. The highest BCUT2D eigenvalue weighted by atomic mass is 32.3. The Balaban J connectivity index is 1.53. The first-order valence-electron chi connectivity index (χ1n) is 9.20. The molecule has 0 spiro atoms. The second kappa shape index (κ2) is 6.93. The number of rotatable bonds is 6. The van der Waals surface area contributed by atoms with Gasteiger partial charge in [-0.2, -0.15) is 18.5 Å². The van der Waals surface area contributed by atoms with Gasteiger partial charge in [-0.1, -0.05) is 12.2 Å². The lowest BCUT2D eigenvalue weighted by atomic mass is 10.0. The molecule has 0 radical (unpaired) electrons. The summed E-state index contributed by atoms with van der Waals surface area (Å²) in [6, 6.07) is -5.44. The number of carbonyl (C=O) groups is 4. The number of primary amides is 2. The maximum atomic E-state index is 12.6. The molecule has 0 aromatic rings. The van der Waals surface area contributed by atoms with Crippen molar-refractivity contribution in [2.75, 3.05) is 13.1 Å². The minimum atomic E-state index is -4.94. The van der Waals surface area contributed by atoms with Gasteiger partial charge in [-0.05, 0) is 25.0 Å². The minimum absolute atomic E-state index is 0.00845. The zero-order chi connectivity index (χ0) is 22.8. The number of carbonyl (C=O) groups excluding carboxylic acids is 4. The first kappa shape index (κ1) is 21.1. The molecule has 2 fully saturated rings. The number of urea groups is 2. The zero-order valence-corrected chi connectivity index (χ0v) is 17.3. The largest absolute Gasteiger partial charge is 0.442 e. The van der Waals surface area contributed by atoms with Gasteiger partial charge >= 0.3 is 22.5 Å². The Morgan fingerprint density at radius 2 is 1.23 bits per heavy atom. The second-order valence-corrected chi connectivity index (χ2v) is 8.74. The molecule has 0 aliphatic carbocycles. The quantitative estimate of drug-likeness (QED) is 0.427. The van der Waals surface area contributed by atoms with E-state index in [1.54, 1.807) is 13.8 Å². The smallest absolute Gasteiger partial charge is 0.368 e. The molecule has 168 valence electrons. The number of nitrogens with zero attached hydrogens (tertiary/aromatic N) is 4. The van der Waals surface area contributed by atoms with Crippen molar-refractivity contribution in [3.05, 3.63) is 23.3 Å². The zero-order valence-electron chi connectivity index (χ0n) is 16.5. The van der Waals surface area contributed by atoms with Crippen molar-refractivity contribution in [1.82, 2.24) is 19.9 Å². The van der Waals surface area contributed by atoms with Crippen molar-refractivity contribution in [2.24, 2.45) is 11.5 Å². The summed E-state index contributed by atoms with van der Waals surface area (Å²) in [5.74, 6) is -1.55. The normalized spacial score (nSPS) is 30.0. The number of nitrogens with two attached hydrogens (primary N) is 2. The number of hydrogen-bond donors (Lipinski definition) is 2. The summed E-state index contributed by atoms with van der Waals surface area (Å²) in [4.78, 5) is 50.5. The van der Waals surface area contributed by atoms with Crippen LogP contribution in [-0.2, 0) is 28.6 Å². The third kappa shape index (κ3) is 3.30. The SMILES string of the molecule is CC1=CC(C(N)=O)N2CC1N(OS(=O)(=O)ON1C(=O)N3CC1C(C)=CC3C(N)=O)C2=O. The lowest BCUT2D eigenvalue weighted by molar-refractivity contribution is -0.121. The fourth-order valence-electron chi connectivity index (χ4n) is 4.07. The van der Waals surface area contributed by atoms with Crippen molar-refractivity contribution < 1.29 is 36.2 Å². The molecule has 14 nitrogen and oxygen atoms in total. The molecule has 15 heteroatoms. The van der Waals surface area contributed by atoms with Gasteiger partial charge < -0.3 is 21.3 Å². The molecule has 0 aromatic carbocycles. The van der Waals surface area contributed by atoms with Gasteiger partial charge in [-0.3, -0.25) is 9.59 Å². The van der Waals surface area contributed by atoms with Crippen LogP contribution in [0.1, 0.15) is 13.8 Å². The predicted molar refractivity (Wildman–Crippen MR) is 100 cm³/mol. The Kier molecular flexibility index (Phi) is 4.71. The first-order valence-corrected chi connectivity index (χ1v) is 10.5. The fourth-order valence-corrected chi connectivity index (χ4v) is 4.83. The third-order valence-corrected chi connectivity index (χ3v) is 6.35. The minimum Gasteiger partial charge on any atom is -0.368 e. The van der Waals surface area contributed by atoms with Gasteiger partial charge in [0, 0.05) is 0 Å². The lowest BCUT2D eigenvalue weighted by Crippen LogP contribution is -2.46. The molecule has 0 saturated carbocycles. The Morgan fingerprint density at radius 1 is 0.871 bits per heavy atom. The molecule has 4 heterocycles. The average molecular weight is 456 g/mol. The van der Waals surface area contributed by atoms with Crippen LogP contribution in [0.5, 0.6) is 0 Å². The van der Waals surface area contributed by atoms with Gasteiger partial charge in [-0.15, -0.1) is 8.57 Å². The van der Waals surface area contributed by atoms with Gasteiger partial charge in [0.2, 0.25) is 11.8 Å². The molecular weight excluding hydrogens is 436 g/mol. The Morgan fingerprint density at radius 3 is 1.55 bits per heavy atom. The van der Waals surface area contributed by atoms with E-state index in [0.29, 0.717) is 21.3 Å². The van der Waals surface area contributed by atoms with E-state index in [2.05, 4.69) is 0 Å². The lowest BCUT2D eigenvalue weighted by Gasteiger charge is -2.26. The van der Waals surface area contributed by atoms with E-state index < -0.39 is 58.4 Å². The predicted octanol–water partition coefficient (Wildman–Crippen LogP) is -2.07. The van der Waals surface area contributed by atoms with Crippen LogP contribution in [0.25, 0.3) is 0 Å². The molecule has 4 aliphatic rings. The molecule has 2 saturated heterocycles. The van der Waals surface area contributed by atoms with E-state index in [1.165, 1.54) is 12.2 Å². The molecule has 4 rings (SSSR count). The van der Waals surface area contributed by atoms with Gasteiger partial charge in [-0.25, -0.2) is 9.59 Å². The Bertz CT molecular complexity index is 978. The third-order valence-electron chi connectivity index (χ3n) is 5.66. The number of amides is 6. The standard InChI is InChI=1S/C16H20N6O8S/c1-7-3-9(13(17)23)19-5-11(7)21(15(19)25)29-31(27,28)30-22-12-6-20(16(22)26)10(14(18)24)4-8(12)2/h3-4,9-12H,5-6H2,1-2H3,(H2,17,23)(H2,18,24). The van der Waals surface area contributed by atoms with Crippen molar-refractivity contribution in [2.45, 2.75) is 38.0 Å². The van der Waals surface area contributed by atoms with Crippen molar-refractivity contribution in [3.8, 4) is 0 Å². The molecule has 4 aliphatic heterocycles. The van der Waals surface area contributed by atoms with Gasteiger partial charge in [0.05, 0.1) is 13.1 Å². The molecule has 4 N–H and O–H groups in total. The molecule has 6 amide bonds. The monoisotopic (exact) mass is 456 g/mol. The summed E-state index contributed by atoms with van der Waals surface area (Å²) in [5.41, 5.74) is 11.6. The van der Waals surface area contributed by atoms with Crippen LogP contribution in [-0.4, -0.2) is 89.5 Å². The summed E-state index contributed by atoms with van der Waals surface area (Å²) in [7, 11) is -4.94. The van der Waals surface area contributed by atoms with Crippen LogP contribution >= 0.6 is 0 Å². The number of fused-ring (bicyclic) bond motifs is 4. The Labute approximate surface area is 176 Å². The highest BCUT2D eigenvalue weighted by molar-refractivity contribution is 7.81. The molecular formula is C16H20N6O8S. The second-order valence-electron chi connectivity index (χ2n) is 7.63. The highest BCUT2D eigenvalue weighted by Gasteiger charge is 2.52. The van der Waals surface area contributed by atoms with Crippen LogP contribution in [0.2, 0.25) is 0 Å². The highest BCUT2D eigenvalue weighted by Crippen LogP contribution is 2.33. The maximum Gasteiger partial charge on any atom is 0.442 e. The van der Waals surface area contributed by atoms with Crippen LogP contribution in [0.15, 0.2) is 23.3 Å². The molecule has 0 aromatic heterocycles. The topological polar surface area (TPSA) is 186 Å². The van der Waals surface area contributed by atoms with Crippen molar-refractivity contribution in [3.63, 3.8) is 0 Å². The van der Waals surface area contributed by atoms with Crippen LogP contribution in [0.4, 0.5) is 9.59 Å². The number of hydroxylamine groups is 4. The maximum absolute atomic E-state index is 12.6. The summed E-state index contributed by atoms with van der Waals surface area (Å²) in [6.45, 7) is 3.18. The van der Waals surface area contributed by atoms with Crippen molar-refractivity contribution in [1.29, 1.82) is 0 Å². The van der Waals surface area contributed by atoms with Crippen molar-refractivity contribution >= 4 is 34.3 Å². The molecule has 4 atom stereocenters. The van der Waals surface area contributed by atoms with E-state index in [1.807, 2.05) is 0 Å². The van der Waals surface area contributed by atoms with E-state index in [-0.39, 0.29) is 13.1 Å². The molecule has 4 bridgehead atoms. The molecule has 31 heavy (non-hydrogen) atoms. The van der Waals surface area contributed by atoms with Crippen LogP contribution in [0, 0.1) is 0 Å². The van der Waals surface area contributed by atoms with Crippen LogP contribution in [0.3, 0.4) is 0 Å². The summed E-state index contributed by atoms with van der Waals surface area (Å²) in [5, 5.41) is 1.12. The molecule has 4 unspecified atom stereocenters. The van der Waals surface area contributed by atoms with E-state index in [9.17, 15) is 27.6 Å².